The van der Waals surface area contributed by atoms with Gasteiger partial charge in [-0.15, -0.1) is 0 Å². The molecule has 0 saturated heterocycles. The van der Waals surface area contributed by atoms with Crippen molar-refractivity contribution in [2.75, 3.05) is 11.9 Å². The van der Waals surface area contributed by atoms with E-state index in [0.717, 1.165) is 35.9 Å². The number of hydrogen-bond acceptors (Lipinski definition) is 4. The second kappa shape index (κ2) is 6.24. The molecule has 2 aromatic heterocycles. The second-order valence-electron chi connectivity index (χ2n) is 5.81. The van der Waals surface area contributed by atoms with Gasteiger partial charge in [0.15, 0.2) is 0 Å². The monoisotopic (exact) mass is 285 g/mol. The molecule has 5 heteroatoms. The predicted octanol–water partition coefficient (Wildman–Crippen LogP) is 3.36. The second-order valence-corrected chi connectivity index (χ2v) is 5.81. The Morgan fingerprint density at radius 3 is 2.76 bits per heavy atom. The van der Waals surface area contributed by atoms with Gasteiger partial charge in [0.2, 0.25) is 0 Å². The first-order valence-corrected chi connectivity index (χ1v) is 7.88. The van der Waals surface area contributed by atoms with Crippen molar-refractivity contribution >= 4 is 5.82 Å². The molecule has 0 amide bonds. The quantitative estimate of drug-likeness (QED) is 0.915. The van der Waals surface area contributed by atoms with E-state index in [2.05, 4.69) is 17.3 Å². The van der Waals surface area contributed by atoms with E-state index in [0.29, 0.717) is 5.92 Å². The van der Waals surface area contributed by atoms with Gasteiger partial charge in [0.25, 0.3) is 0 Å². The highest BCUT2D eigenvalue weighted by Crippen LogP contribution is 2.33. The fraction of sp³-hybridized carbons (Fsp3) is 0.562. The van der Waals surface area contributed by atoms with E-state index >= 15 is 0 Å². The van der Waals surface area contributed by atoms with Crippen LogP contribution in [-0.4, -0.2) is 26.3 Å². The van der Waals surface area contributed by atoms with Crippen LogP contribution in [0.25, 0.3) is 11.3 Å². The highest BCUT2D eigenvalue weighted by molar-refractivity contribution is 5.61. The van der Waals surface area contributed by atoms with E-state index in [9.17, 15) is 0 Å². The highest BCUT2D eigenvalue weighted by Gasteiger charge is 2.21. The maximum absolute atomic E-state index is 4.80. The van der Waals surface area contributed by atoms with Gasteiger partial charge in [-0.2, -0.15) is 5.10 Å². The van der Waals surface area contributed by atoms with E-state index in [1.54, 1.807) is 0 Å². The zero-order valence-corrected chi connectivity index (χ0v) is 12.8. The molecule has 5 nitrogen and oxygen atoms in total. The van der Waals surface area contributed by atoms with Crippen LogP contribution in [-0.2, 0) is 7.05 Å². The Kier molecular flexibility index (Phi) is 4.18. The molecular formula is C16H23N5. The Morgan fingerprint density at radius 2 is 2.10 bits per heavy atom. The molecule has 0 bridgehead atoms. The van der Waals surface area contributed by atoms with E-state index in [-0.39, 0.29) is 0 Å². The van der Waals surface area contributed by atoms with Gasteiger partial charge in [-0.3, -0.25) is 4.68 Å². The summed E-state index contributed by atoms with van der Waals surface area (Å²) in [5.74, 6) is 2.45. The molecule has 1 fully saturated rings. The number of nitrogens with one attached hydrogen (secondary N) is 1. The van der Waals surface area contributed by atoms with E-state index in [4.69, 9.17) is 9.97 Å². The van der Waals surface area contributed by atoms with Gasteiger partial charge < -0.3 is 5.32 Å². The average Bonchev–Trinajstić information content (AvgIpc) is 3.16. The molecule has 112 valence electrons. The molecular weight excluding hydrogens is 262 g/mol. The van der Waals surface area contributed by atoms with Crippen LogP contribution in [0.5, 0.6) is 0 Å². The zero-order valence-electron chi connectivity index (χ0n) is 12.8. The van der Waals surface area contributed by atoms with E-state index in [1.807, 2.05) is 30.2 Å². The van der Waals surface area contributed by atoms with Crippen molar-refractivity contribution in [3.05, 3.63) is 24.3 Å². The number of rotatable bonds is 5. The minimum atomic E-state index is 0.517. The topological polar surface area (TPSA) is 55.6 Å². The minimum absolute atomic E-state index is 0.517. The summed E-state index contributed by atoms with van der Waals surface area (Å²) in [6, 6.07) is 2.03. The van der Waals surface area contributed by atoms with Crippen LogP contribution in [0.1, 0.15) is 50.8 Å². The van der Waals surface area contributed by atoms with Gasteiger partial charge >= 0.3 is 0 Å². The molecule has 0 aliphatic heterocycles. The summed E-state index contributed by atoms with van der Waals surface area (Å²) in [6.45, 7) is 3.10. The third-order valence-electron chi connectivity index (χ3n) is 4.02. The molecule has 2 heterocycles. The standard InChI is InChI=1S/C16H23N5/c1-3-8-17-15-9-14(13-10-18-21(2)11-13)19-16(20-15)12-6-4-5-7-12/h9-12H,3-8H2,1-2H3,(H,17,19,20). The van der Waals surface area contributed by atoms with Gasteiger partial charge in [0, 0.05) is 37.3 Å². The van der Waals surface area contributed by atoms with Crippen LogP contribution in [0.2, 0.25) is 0 Å². The normalized spacial score (nSPS) is 15.5. The Bertz CT molecular complexity index is 598. The lowest BCUT2D eigenvalue weighted by Gasteiger charge is -2.12. The third-order valence-corrected chi connectivity index (χ3v) is 4.02. The number of hydrogen-bond donors (Lipinski definition) is 1. The molecule has 0 atom stereocenters. The molecule has 2 aromatic rings. The Hall–Kier alpha value is -1.91. The summed E-state index contributed by atoms with van der Waals surface area (Å²) < 4.78 is 1.81. The van der Waals surface area contributed by atoms with Crippen molar-refractivity contribution in [3.8, 4) is 11.3 Å². The Morgan fingerprint density at radius 1 is 1.29 bits per heavy atom. The van der Waals surface area contributed by atoms with Crippen molar-refractivity contribution < 1.29 is 0 Å². The fourth-order valence-electron chi connectivity index (χ4n) is 2.88. The van der Waals surface area contributed by atoms with Gasteiger partial charge in [-0.05, 0) is 19.3 Å². The molecule has 21 heavy (non-hydrogen) atoms. The zero-order chi connectivity index (χ0) is 14.7. The first-order valence-electron chi connectivity index (χ1n) is 7.88. The van der Waals surface area contributed by atoms with Crippen molar-refractivity contribution in [3.63, 3.8) is 0 Å². The number of aryl methyl sites for hydroxylation is 1. The molecule has 0 aromatic carbocycles. The Labute approximate surface area is 125 Å². The fourth-order valence-corrected chi connectivity index (χ4v) is 2.88. The molecule has 0 spiro atoms. The first kappa shape index (κ1) is 14.0. The van der Waals surface area contributed by atoms with E-state index in [1.165, 1.54) is 25.7 Å². The molecule has 1 aliphatic rings. The average molecular weight is 285 g/mol. The molecule has 1 N–H and O–H groups in total. The van der Waals surface area contributed by atoms with Crippen molar-refractivity contribution in [1.82, 2.24) is 19.7 Å². The molecule has 3 rings (SSSR count). The van der Waals surface area contributed by atoms with Crippen LogP contribution in [0, 0.1) is 0 Å². The van der Waals surface area contributed by atoms with Crippen molar-refractivity contribution in [1.29, 1.82) is 0 Å². The van der Waals surface area contributed by atoms with Gasteiger partial charge in [-0.25, -0.2) is 9.97 Å². The summed E-state index contributed by atoms with van der Waals surface area (Å²) in [5.41, 5.74) is 2.03. The number of aromatic nitrogens is 4. The highest BCUT2D eigenvalue weighted by atomic mass is 15.2. The van der Waals surface area contributed by atoms with Crippen LogP contribution in [0.4, 0.5) is 5.82 Å². The summed E-state index contributed by atoms with van der Waals surface area (Å²) in [6.07, 6.45) is 9.97. The largest absolute Gasteiger partial charge is 0.370 e. The molecule has 1 saturated carbocycles. The SMILES string of the molecule is CCCNc1cc(-c2cnn(C)c2)nc(C2CCCC2)n1. The molecule has 1 aliphatic carbocycles. The molecule has 0 unspecified atom stereocenters. The first-order chi connectivity index (χ1) is 10.3. The van der Waals surface area contributed by atoms with Gasteiger partial charge in [0.1, 0.15) is 11.6 Å². The van der Waals surface area contributed by atoms with Crippen LogP contribution < -0.4 is 5.32 Å². The van der Waals surface area contributed by atoms with Crippen LogP contribution >= 0.6 is 0 Å². The number of anilines is 1. The lowest BCUT2D eigenvalue weighted by molar-refractivity contribution is 0.669. The van der Waals surface area contributed by atoms with Gasteiger partial charge in [0.05, 0.1) is 11.9 Å². The van der Waals surface area contributed by atoms with Crippen molar-refractivity contribution in [2.24, 2.45) is 7.05 Å². The summed E-state index contributed by atoms with van der Waals surface area (Å²) >= 11 is 0. The Balaban J connectivity index is 1.95. The van der Waals surface area contributed by atoms with Crippen LogP contribution in [0.15, 0.2) is 18.5 Å². The lowest BCUT2D eigenvalue weighted by Crippen LogP contribution is -2.08. The molecule has 0 radical (unpaired) electrons. The third kappa shape index (κ3) is 3.23. The summed E-state index contributed by atoms with van der Waals surface area (Å²) in [4.78, 5) is 9.54. The maximum Gasteiger partial charge on any atom is 0.134 e. The summed E-state index contributed by atoms with van der Waals surface area (Å²) in [5, 5.41) is 7.64. The van der Waals surface area contributed by atoms with Gasteiger partial charge in [-0.1, -0.05) is 19.8 Å². The minimum Gasteiger partial charge on any atom is -0.370 e. The maximum atomic E-state index is 4.80. The smallest absolute Gasteiger partial charge is 0.134 e. The van der Waals surface area contributed by atoms with Crippen molar-refractivity contribution in [2.45, 2.75) is 44.9 Å². The number of nitrogens with zero attached hydrogens (tertiary/aromatic N) is 4. The van der Waals surface area contributed by atoms with Crippen LogP contribution in [0.3, 0.4) is 0 Å². The predicted molar refractivity (Wildman–Crippen MR) is 84.2 cm³/mol. The van der Waals surface area contributed by atoms with E-state index < -0.39 is 0 Å². The lowest BCUT2D eigenvalue weighted by atomic mass is 10.1. The summed E-state index contributed by atoms with van der Waals surface area (Å²) in [7, 11) is 1.93.